The fourth-order valence-corrected chi connectivity index (χ4v) is 3.17. The molecule has 10 heteroatoms. The fraction of sp³-hybridized carbons (Fsp3) is 0.333. The van der Waals surface area contributed by atoms with E-state index in [2.05, 4.69) is 13.2 Å². The predicted octanol–water partition coefficient (Wildman–Crippen LogP) is -1.32. The van der Waals surface area contributed by atoms with Gasteiger partial charge in [0.05, 0.1) is 12.1 Å². The maximum Gasteiger partial charge on any atom is 0.249 e. The zero-order valence-corrected chi connectivity index (χ0v) is 13.4. The molecular weight excluding hydrogens is 328 g/mol. The summed E-state index contributed by atoms with van der Waals surface area (Å²) in [5, 5.41) is 4.09. The van der Waals surface area contributed by atoms with Gasteiger partial charge in [-0.1, -0.05) is 34.7 Å². The molecule has 0 bridgehead atoms. The van der Waals surface area contributed by atoms with Crippen LogP contribution in [0, 0.1) is 0 Å². The monoisotopic (exact) mass is 346 g/mol. The van der Waals surface area contributed by atoms with Crippen LogP contribution in [-0.2, 0) is 19.2 Å². The quantitative estimate of drug-likeness (QED) is 0.228. The molecule has 2 atom stereocenters. The Hall–Kier alpha value is -1.62. The molecule has 0 rings (SSSR count). The van der Waals surface area contributed by atoms with Crippen molar-refractivity contribution < 1.29 is 19.2 Å². The van der Waals surface area contributed by atoms with Gasteiger partial charge in [-0.15, -0.1) is 0 Å². The lowest BCUT2D eigenvalue weighted by Crippen LogP contribution is -2.44. The highest BCUT2D eigenvalue weighted by atomic mass is 33.1. The second kappa shape index (κ2) is 11.0. The van der Waals surface area contributed by atoms with E-state index in [4.69, 9.17) is 11.5 Å². The van der Waals surface area contributed by atoms with Gasteiger partial charge < -0.3 is 11.5 Å². The average molecular weight is 346 g/mol. The van der Waals surface area contributed by atoms with Gasteiger partial charge in [0.2, 0.25) is 23.6 Å². The summed E-state index contributed by atoms with van der Waals surface area (Å²) in [5.74, 6) is -2.03. The summed E-state index contributed by atoms with van der Waals surface area (Å²) in [6.45, 7) is 6.43. The first kappa shape index (κ1) is 20.4. The number of carbonyl (C=O) groups excluding carboxylic acids is 4. The maximum absolute atomic E-state index is 11.4. The van der Waals surface area contributed by atoms with Crippen LogP contribution in [0.25, 0.3) is 0 Å². The molecule has 122 valence electrons. The highest BCUT2D eigenvalue weighted by Crippen LogP contribution is 2.22. The lowest BCUT2D eigenvalue weighted by atomic mass is 10.3. The molecule has 0 saturated carbocycles. The molecule has 0 aromatic carbocycles. The van der Waals surface area contributed by atoms with Gasteiger partial charge >= 0.3 is 0 Å². The van der Waals surface area contributed by atoms with Crippen LogP contribution in [0.15, 0.2) is 25.3 Å². The molecule has 8 nitrogen and oxygen atoms in total. The summed E-state index contributed by atoms with van der Waals surface area (Å²) in [6.07, 6.45) is 1.93. The van der Waals surface area contributed by atoms with Crippen LogP contribution in [0.4, 0.5) is 0 Å². The second-order valence-corrected chi connectivity index (χ2v) is 6.45. The van der Waals surface area contributed by atoms with Crippen molar-refractivity contribution >= 4 is 45.2 Å². The molecular formula is C12H18N4O4S2. The van der Waals surface area contributed by atoms with E-state index in [0.29, 0.717) is 0 Å². The van der Waals surface area contributed by atoms with E-state index in [1.807, 2.05) is 10.6 Å². The van der Waals surface area contributed by atoms with E-state index >= 15 is 0 Å². The smallest absolute Gasteiger partial charge is 0.249 e. The minimum absolute atomic E-state index is 0.223. The maximum atomic E-state index is 11.4. The summed E-state index contributed by atoms with van der Waals surface area (Å²) in [7, 11) is 2.45. The Balaban J connectivity index is 3.96. The number of hydrogen-bond donors (Lipinski definition) is 4. The molecule has 6 N–H and O–H groups in total. The van der Waals surface area contributed by atoms with Gasteiger partial charge in [0, 0.05) is 11.5 Å². The average Bonchev–Trinajstić information content (AvgIpc) is 2.50. The van der Waals surface area contributed by atoms with Gasteiger partial charge in [-0.05, 0) is 12.2 Å². The van der Waals surface area contributed by atoms with Crippen molar-refractivity contribution in [2.24, 2.45) is 11.5 Å². The van der Waals surface area contributed by atoms with E-state index in [1.54, 1.807) is 0 Å². The van der Waals surface area contributed by atoms with Gasteiger partial charge in [0.1, 0.15) is 0 Å². The van der Waals surface area contributed by atoms with E-state index in [0.717, 1.165) is 12.2 Å². The topological polar surface area (TPSA) is 144 Å². The third-order valence-electron chi connectivity index (χ3n) is 2.12. The summed E-state index contributed by atoms with van der Waals surface area (Å²) < 4.78 is 0. The molecule has 0 aromatic heterocycles. The molecule has 0 aliphatic heterocycles. The summed E-state index contributed by atoms with van der Waals surface area (Å²) >= 11 is 0. The molecule has 0 saturated heterocycles. The number of imide groups is 2. The lowest BCUT2D eigenvalue weighted by Gasteiger charge is -2.12. The first-order valence-electron chi connectivity index (χ1n) is 6.01. The van der Waals surface area contributed by atoms with Crippen LogP contribution in [0.3, 0.4) is 0 Å². The van der Waals surface area contributed by atoms with Crippen LogP contribution in [0.5, 0.6) is 0 Å². The molecule has 0 heterocycles. The van der Waals surface area contributed by atoms with Gasteiger partial charge in [-0.3, -0.25) is 29.8 Å². The van der Waals surface area contributed by atoms with Crippen LogP contribution >= 0.6 is 21.6 Å². The lowest BCUT2D eigenvalue weighted by molar-refractivity contribution is -0.130. The van der Waals surface area contributed by atoms with E-state index in [9.17, 15) is 19.2 Å². The molecule has 0 radical (unpaired) electrons. The van der Waals surface area contributed by atoms with Crippen molar-refractivity contribution in [2.45, 2.75) is 12.1 Å². The first-order chi connectivity index (χ1) is 10.3. The molecule has 0 spiro atoms. The van der Waals surface area contributed by atoms with Crippen molar-refractivity contribution in [1.29, 1.82) is 0 Å². The number of amides is 4. The van der Waals surface area contributed by atoms with Crippen LogP contribution < -0.4 is 22.1 Å². The summed E-state index contributed by atoms with van der Waals surface area (Å²) in [4.78, 5) is 44.7. The van der Waals surface area contributed by atoms with Crippen molar-refractivity contribution in [3.8, 4) is 0 Å². The van der Waals surface area contributed by atoms with Gasteiger partial charge in [0.25, 0.3) is 0 Å². The van der Waals surface area contributed by atoms with Crippen molar-refractivity contribution in [3.05, 3.63) is 25.3 Å². The minimum Gasteiger partial charge on any atom is -0.319 e. The largest absolute Gasteiger partial charge is 0.319 e. The molecule has 0 aromatic rings. The Kier molecular flexibility index (Phi) is 10.2. The summed E-state index contributed by atoms with van der Waals surface area (Å²) in [6, 6.07) is -1.76. The van der Waals surface area contributed by atoms with Gasteiger partial charge in [-0.2, -0.15) is 0 Å². The Labute approximate surface area is 135 Å². The van der Waals surface area contributed by atoms with E-state index < -0.39 is 35.7 Å². The molecule has 0 fully saturated rings. The number of hydrogen-bond acceptors (Lipinski definition) is 8. The number of carbonyl (C=O) groups is 4. The highest BCUT2D eigenvalue weighted by molar-refractivity contribution is 8.76. The standard InChI is InChI=1S/C12H18N4O4S2/c1-3-9(17)15-11(19)7(13)5-21-22-6-8(14)12(20)16-10(18)4-2/h3-4,7-8H,1-2,5-6,13-14H2,(H,15,17,19)(H,16,18,20)/t7-,8?/m0/s1. The molecule has 1 unspecified atom stereocenters. The summed E-state index contributed by atoms with van der Waals surface area (Å²) in [5.41, 5.74) is 11.2. The van der Waals surface area contributed by atoms with E-state index in [-0.39, 0.29) is 11.5 Å². The third kappa shape index (κ3) is 8.62. The van der Waals surface area contributed by atoms with E-state index in [1.165, 1.54) is 21.6 Å². The van der Waals surface area contributed by atoms with Crippen LogP contribution in [0.1, 0.15) is 0 Å². The molecule has 0 aliphatic carbocycles. The Bertz CT molecular complexity index is 428. The van der Waals surface area contributed by atoms with Crippen molar-refractivity contribution in [1.82, 2.24) is 10.6 Å². The van der Waals surface area contributed by atoms with Gasteiger partial charge in [0.15, 0.2) is 0 Å². The number of nitrogens with one attached hydrogen (secondary N) is 2. The van der Waals surface area contributed by atoms with Crippen LogP contribution in [-0.4, -0.2) is 47.2 Å². The Morgan fingerprint density at radius 2 is 1.18 bits per heavy atom. The predicted molar refractivity (Wildman–Crippen MR) is 87.6 cm³/mol. The van der Waals surface area contributed by atoms with Crippen LogP contribution in [0.2, 0.25) is 0 Å². The zero-order valence-electron chi connectivity index (χ0n) is 11.7. The third-order valence-corrected chi connectivity index (χ3v) is 4.59. The van der Waals surface area contributed by atoms with Crippen molar-refractivity contribution in [2.75, 3.05) is 11.5 Å². The normalized spacial score (nSPS) is 12.6. The number of nitrogens with two attached hydrogens (primary N) is 2. The minimum atomic E-state index is -0.881. The SMILES string of the molecule is C=CC(=O)NC(=O)C(N)CSSC[C@H](N)C(=O)NC(=O)C=C. The van der Waals surface area contributed by atoms with Gasteiger partial charge in [-0.25, -0.2) is 0 Å². The second-order valence-electron chi connectivity index (χ2n) is 3.90. The Morgan fingerprint density at radius 3 is 1.45 bits per heavy atom. The first-order valence-corrected chi connectivity index (χ1v) is 8.50. The Morgan fingerprint density at radius 1 is 0.864 bits per heavy atom. The highest BCUT2D eigenvalue weighted by Gasteiger charge is 2.17. The zero-order chi connectivity index (χ0) is 17.1. The fourth-order valence-electron chi connectivity index (χ4n) is 0.925. The number of rotatable bonds is 9. The molecule has 0 aliphatic rings. The van der Waals surface area contributed by atoms with Crippen molar-refractivity contribution in [3.63, 3.8) is 0 Å². The molecule has 4 amide bonds. The molecule has 22 heavy (non-hydrogen) atoms.